The van der Waals surface area contributed by atoms with Crippen molar-refractivity contribution in [1.29, 1.82) is 0 Å². The van der Waals surface area contributed by atoms with Gasteiger partial charge in [-0.2, -0.15) is 0 Å². The van der Waals surface area contributed by atoms with Crippen molar-refractivity contribution in [2.75, 3.05) is 13.7 Å². The number of fused-ring (bicyclic) bond motifs is 1. The number of amides is 1. The molecule has 1 aromatic carbocycles. The van der Waals surface area contributed by atoms with Crippen molar-refractivity contribution in [3.05, 3.63) is 53.7 Å². The number of rotatable bonds is 4. The van der Waals surface area contributed by atoms with Crippen molar-refractivity contribution < 1.29 is 18.4 Å². The number of nitrogens with zero attached hydrogens (tertiary/aromatic N) is 3. The summed E-state index contributed by atoms with van der Waals surface area (Å²) < 4.78 is 23.8. The molecule has 1 fully saturated rings. The summed E-state index contributed by atoms with van der Waals surface area (Å²) in [6, 6.07) is 8.30. The van der Waals surface area contributed by atoms with E-state index in [0.717, 1.165) is 30.3 Å². The molecule has 1 saturated heterocycles. The van der Waals surface area contributed by atoms with Crippen LogP contribution in [0, 0.1) is 5.82 Å². The zero-order valence-electron chi connectivity index (χ0n) is 15.0. The van der Waals surface area contributed by atoms with Crippen LogP contribution >= 0.6 is 0 Å². The molecule has 0 saturated carbocycles. The molecule has 2 aromatic heterocycles. The summed E-state index contributed by atoms with van der Waals surface area (Å²) in [5, 5.41) is 4.85. The van der Waals surface area contributed by atoms with Gasteiger partial charge in [0.1, 0.15) is 17.3 Å². The Labute approximate surface area is 155 Å². The van der Waals surface area contributed by atoms with Crippen LogP contribution in [0.25, 0.3) is 11.0 Å². The second kappa shape index (κ2) is 7.34. The van der Waals surface area contributed by atoms with E-state index >= 15 is 0 Å². The molecule has 0 radical (unpaired) electrons. The van der Waals surface area contributed by atoms with E-state index in [2.05, 4.69) is 10.1 Å². The highest BCUT2D eigenvalue weighted by Gasteiger charge is 2.29. The van der Waals surface area contributed by atoms with Crippen LogP contribution in [0.1, 0.15) is 36.7 Å². The Morgan fingerprint density at radius 3 is 3.00 bits per heavy atom. The lowest BCUT2D eigenvalue weighted by molar-refractivity contribution is -0.134. The first-order chi connectivity index (χ1) is 13.2. The van der Waals surface area contributed by atoms with Gasteiger partial charge in [0.25, 0.3) is 0 Å². The Bertz CT molecular complexity index is 955. The lowest BCUT2D eigenvalue weighted by Gasteiger charge is -2.35. The number of aromatic nitrogens is 2. The van der Waals surface area contributed by atoms with Gasteiger partial charge in [0.05, 0.1) is 31.5 Å². The number of likely N-dealkylation sites (tertiary alicyclic amines) is 1. The minimum atomic E-state index is -0.379. The molecule has 4 rings (SSSR count). The highest BCUT2D eigenvalue weighted by atomic mass is 19.1. The Kier molecular flexibility index (Phi) is 4.75. The first-order valence-corrected chi connectivity index (χ1v) is 8.99. The van der Waals surface area contributed by atoms with Gasteiger partial charge in [0.2, 0.25) is 5.91 Å². The van der Waals surface area contributed by atoms with E-state index in [0.29, 0.717) is 23.6 Å². The monoisotopic (exact) mass is 369 g/mol. The van der Waals surface area contributed by atoms with Crippen LogP contribution in [0.5, 0.6) is 5.75 Å². The van der Waals surface area contributed by atoms with E-state index in [4.69, 9.17) is 9.26 Å². The number of carbonyl (C=O) groups is 1. The summed E-state index contributed by atoms with van der Waals surface area (Å²) in [5.74, 6) is 0.269. The molecule has 3 heterocycles. The zero-order valence-corrected chi connectivity index (χ0v) is 15.0. The number of benzene rings is 1. The summed E-state index contributed by atoms with van der Waals surface area (Å²) >= 11 is 0. The third kappa shape index (κ3) is 3.49. The van der Waals surface area contributed by atoms with Gasteiger partial charge >= 0.3 is 0 Å². The maximum absolute atomic E-state index is 13.2. The first kappa shape index (κ1) is 17.5. The summed E-state index contributed by atoms with van der Waals surface area (Å²) in [5.41, 5.74) is 1.93. The topological polar surface area (TPSA) is 68.5 Å². The number of piperidine rings is 1. The van der Waals surface area contributed by atoms with Gasteiger partial charge in [-0.3, -0.25) is 9.78 Å². The van der Waals surface area contributed by atoms with Gasteiger partial charge in [0, 0.05) is 11.9 Å². The van der Waals surface area contributed by atoms with Crippen molar-refractivity contribution in [1.82, 2.24) is 15.0 Å². The first-order valence-electron chi connectivity index (χ1n) is 8.99. The van der Waals surface area contributed by atoms with Crippen molar-refractivity contribution in [2.24, 2.45) is 0 Å². The van der Waals surface area contributed by atoms with Crippen LogP contribution in [-0.2, 0) is 11.2 Å². The average molecular weight is 369 g/mol. The SMILES string of the molecule is COc1ccc2onc(CC(=O)N3CCCCC3c3ccc(F)cn3)c2c1. The summed E-state index contributed by atoms with van der Waals surface area (Å²) in [6.07, 6.45) is 4.11. The normalized spacial score (nSPS) is 17.3. The molecule has 0 bridgehead atoms. The second-order valence-corrected chi connectivity index (χ2v) is 6.67. The quantitative estimate of drug-likeness (QED) is 0.702. The number of carbonyl (C=O) groups excluding carboxylic acids is 1. The number of ether oxygens (including phenoxy) is 1. The van der Waals surface area contributed by atoms with Gasteiger partial charge in [0.15, 0.2) is 5.58 Å². The molecule has 1 aliphatic heterocycles. The fourth-order valence-corrected chi connectivity index (χ4v) is 3.59. The van der Waals surface area contributed by atoms with Crippen molar-refractivity contribution in [3.8, 4) is 5.75 Å². The van der Waals surface area contributed by atoms with Gasteiger partial charge in [-0.05, 0) is 49.6 Å². The second-order valence-electron chi connectivity index (χ2n) is 6.67. The number of hydrogen-bond acceptors (Lipinski definition) is 5. The molecule has 1 atom stereocenters. The van der Waals surface area contributed by atoms with Crippen LogP contribution in [0.4, 0.5) is 4.39 Å². The highest BCUT2D eigenvalue weighted by molar-refractivity contribution is 5.87. The molecule has 27 heavy (non-hydrogen) atoms. The molecule has 1 unspecified atom stereocenters. The van der Waals surface area contributed by atoms with Crippen LogP contribution in [0.2, 0.25) is 0 Å². The molecule has 6 nitrogen and oxygen atoms in total. The van der Waals surface area contributed by atoms with Crippen molar-refractivity contribution in [2.45, 2.75) is 31.7 Å². The Hall–Kier alpha value is -2.96. The van der Waals surface area contributed by atoms with E-state index in [-0.39, 0.29) is 24.2 Å². The Morgan fingerprint density at radius 1 is 1.33 bits per heavy atom. The Morgan fingerprint density at radius 2 is 2.22 bits per heavy atom. The molecule has 0 N–H and O–H groups in total. The standard InChI is InChI=1S/C20H20FN3O3/c1-26-14-6-8-19-15(10-14)17(23-27-19)11-20(25)24-9-3-2-4-18(24)16-7-5-13(21)12-22-16/h5-8,10,12,18H,2-4,9,11H2,1H3. The maximum Gasteiger partial charge on any atom is 0.229 e. The van der Waals surface area contributed by atoms with Gasteiger partial charge in [-0.15, -0.1) is 0 Å². The van der Waals surface area contributed by atoms with Crippen molar-refractivity contribution >= 4 is 16.9 Å². The lowest BCUT2D eigenvalue weighted by atomic mass is 9.98. The minimum Gasteiger partial charge on any atom is -0.497 e. The van der Waals surface area contributed by atoms with Gasteiger partial charge in [-0.1, -0.05) is 5.16 Å². The number of pyridine rings is 1. The predicted molar refractivity (Wildman–Crippen MR) is 96.8 cm³/mol. The molecule has 3 aromatic rings. The van der Waals surface area contributed by atoms with Gasteiger partial charge < -0.3 is 14.2 Å². The molecule has 0 spiro atoms. The van der Waals surface area contributed by atoms with Crippen LogP contribution in [0.3, 0.4) is 0 Å². The van der Waals surface area contributed by atoms with Crippen LogP contribution in [0.15, 0.2) is 41.1 Å². The summed E-state index contributed by atoms with van der Waals surface area (Å²) in [6.45, 7) is 0.654. The molecular formula is C20H20FN3O3. The minimum absolute atomic E-state index is 0.0381. The average Bonchev–Trinajstić information content (AvgIpc) is 3.10. The molecule has 7 heteroatoms. The lowest BCUT2D eigenvalue weighted by Crippen LogP contribution is -2.39. The predicted octanol–water partition coefficient (Wildman–Crippen LogP) is 3.67. The maximum atomic E-state index is 13.2. The van der Waals surface area contributed by atoms with E-state index in [1.165, 1.54) is 12.3 Å². The zero-order chi connectivity index (χ0) is 18.8. The third-order valence-electron chi connectivity index (χ3n) is 4.99. The molecule has 0 aliphatic carbocycles. The fraction of sp³-hybridized carbons (Fsp3) is 0.350. The number of methoxy groups -OCH3 is 1. The molecular weight excluding hydrogens is 349 g/mol. The Balaban J connectivity index is 1.58. The van der Waals surface area contributed by atoms with E-state index in [1.807, 2.05) is 11.0 Å². The van der Waals surface area contributed by atoms with E-state index < -0.39 is 0 Å². The largest absolute Gasteiger partial charge is 0.497 e. The molecule has 140 valence electrons. The third-order valence-corrected chi connectivity index (χ3v) is 4.99. The molecule has 1 aliphatic rings. The van der Waals surface area contributed by atoms with Crippen LogP contribution in [-0.4, -0.2) is 34.6 Å². The van der Waals surface area contributed by atoms with Crippen molar-refractivity contribution in [3.63, 3.8) is 0 Å². The van der Waals surface area contributed by atoms with E-state index in [1.54, 1.807) is 25.3 Å². The van der Waals surface area contributed by atoms with Gasteiger partial charge in [-0.25, -0.2) is 4.39 Å². The summed E-state index contributed by atoms with van der Waals surface area (Å²) in [7, 11) is 1.59. The fourth-order valence-electron chi connectivity index (χ4n) is 3.59. The number of halogens is 1. The van der Waals surface area contributed by atoms with E-state index in [9.17, 15) is 9.18 Å². The highest BCUT2D eigenvalue weighted by Crippen LogP contribution is 2.31. The smallest absolute Gasteiger partial charge is 0.229 e. The van der Waals surface area contributed by atoms with Crippen LogP contribution < -0.4 is 4.74 Å². The number of hydrogen-bond donors (Lipinski definition) is 0. The summed E-state index contributed by atoms with van der Waals surface area (Å²) in [4.78, 5) is 19.0. The molecule has 1 amide bonds.